The second-order valence-electron chi connectivity index (χ2n) is 8.13. The van der Waals surface area contributed by atoms with Gasteiger partial charge in [0.05, 0.1) is 16.7 Å². The summed E-state index contributed by atoms with van der Waals surface area (Å²) in [7, 11) is 0. The van der Waals surface area contributed by atoms with Crippen LogP contribution in [-0.4, -0.2) is 33.2 Å². The van der Waals surface area contributed by atoms with Crippen molar-refractivity contribution in [1.29, 1.82) is 0 Å². The van der Waals surface area contributed by atoms with Crippen molar-refractivity contribution < 1.29 is 19.1 Å². The maximum absolute atomic E-state index is 12.9. The van der Waals surface area contributed by atoms with Gasteiger partial charge in [0.1, 0.15) is 6.54 Å². The van der Waals surface area contributed by atoms with Crippen LogP contribution >= 0.6 is 0 Å². The van der Waals surface area contributed by atoms with E-state index in [1.54, 1.807) is 66.9 Å². The summed E-state index contributed by atoms with van der Waals surface area (Å²) in [6.07, 6.45) is -1.05. The molecule has 33 heavy (non-hydrogen) atoms. The molecule has 0 bridgehead atoms. The van der Waals surface area contributed by atoms with Crippen LogP contribution in [0.2, 0.25) is 0 Å². The number of carbonyl (C=O) groups is 3. The molecule has 2 aromatic heterocycles. The van der Waals surface area contributed by atoms with E-state index in [1.165, 1.54) is 13.8 Å². The zero-order chi connectivity index (χ0) is 23.9. The van der Waals surface area contributed by atoms with Crippen molar-refractivity contribution in [2.45, 2.75) is 40.3 Å². The lowest BCUT2D eigenvalue weighted by Gasteiger charge is -2.17. The zero-order valence-corrected chi connectivity index (χ0v) is 18.9. The predicted molar refractivity (Wildman–Crippen MR) is 126 cm³/mol. The Morgan fingerprint density at radius 1 is 0.970 bits per heavy atom. The number of ketones is 2. The summed E-state index contributed by atoms with van der Waals surface area (Å²) in [5.41, 5.74) is 3.00. The van der Waals surface area contributed by atoms with E-state index < -0.39 is 17.9 Å². The third-order valence-electron chi connectivity index (χ3n) is 5.88. The van der Waals surface area contributed by atoms with Gasteiger partial charge in [-0.05, 0) is 57.5 Å². The molecule has 1 N–H and O–H groups in total. The van der Waals surface area contributed by atoms with Gasteiger partial charge >= 0.3 is 5.97 Å². The number of aryl methyl sites for hydroxylation is 1. The van der Waals surface area contributed by atoms with Crippen molar-refractivity contribution in [2.24, 2.45) is 0 Å². The number of para-hydroxylation sites is 2. The lowest BCUT2D eigenvalue weighted by molar-refractivity contribution is -0.146. The summed E-state index contributed by atoms with van der Waals surface area (Å²) in [5, 5.41) is 1.00. The first kappa shape index (κ1) is 22.2. The highest BCUT2D eigenvalue weighted by atomic mass is 16.5. The Kier molecular flexibility index (Phi) is 5.72. The number of fused-ring (bicyclic) bond motifs is 2. The van der Waals surface area contributed by atoms with E-state index in [2.05, 4.69) is 4.98 Å². The monoisotopic (exact) mass is 444 g/mol. The van der Waals surface area contributed by atoms with E-state index in [9.17, 15) is 19.2 Å². The SMILES string of the molecule is CC(=O)c1c(C)[nH]c(C(=O)[C@H](C)OC(=O)Cn2c3ccccc3c(=O)c3ccccc32)c1C. The standard InChI is InChI=1S/C26H24N2O5/c1-14-23(16(3)29)15(2)27-24(14)25(31)17(4)33-22(30)13-28-20-11-7-5-9-18(20)26(32)19-10-6-8-12-21(19)28/h5-12,17,27H,13H2,1-4H3/t17-/m0/s1. The highest BCUT2D eigenvalue weighted by Crippen LogP contribution is 2.22. The third-order valence-corrected chi connectivity index (χ3v) is 5.88. The molecule has 0 aliphatic carbocycles. The van der Waals surface area contributed by atoms with Gasteiger partial charge in [0.25, 0.3) is 0 Å². The third kappa shape index (κ3) is 3.86. The summed E-state index contributed by atoms with van der Waals surface area (Å²) in [4.78, 5) is 53.5. The highest BCUT2D eigenvalue weighted by molar-refractivity contribution is 6.05. The molecule has 7 heteroatoms. The number of H-pyrrole nitrogens is 1. The lowest BCUT2D eigenvalue weighted by Crippen LogP contribution is -2.28. The van der Waals surface area contributed by atoms with Gasteiger partial charge in [-0.1, -0.05) is 24.3 Å². The maximum Gasteiger partial charge on any atom is 0.326 e. The van der Waals surface area contributed by atoms with Gasteiger partial charge in [-0.3, -0.25) is 19.2 Å². The fourth-order valence-electron chi connectivity index (χ4n) is 4.39. The molecule has 0 saturated carbocycles. The molecule has 1 atom stereocenters. The number of pyridine rings is 1. The van der Waals surface area contributed by atoms with Crippen molar-refractivity contribution in [3.63, 3.8) is 0 Å². The molecular formula is C26H24N2O5. The van der Waals surface area contributed by atoms with Crippen molar-refractivity contribution in [1.82, 2.24) is 9.55 Å². The van der Waals surface area contributed by atoms with Crippen LogP contribution in [-0.2, 0) is 16.1 Å². The Morgan fingerprint density at radius 2 is 1.52 bits per heavy atom. The van der Waals surface area contributed by atoms with E-state index in [1.807, 2.05) is 0 Å². The predicted octanol–water partition coefficient (Wildman–Crippen LogP) is 4.12. The summed E-state index contributed by atoms with van der Waals surface area (Å²) in [6, 6.07) is 14.2. The molecular weight excluding hydrogens is 420 g/mol. The topological polar surface area (TPSA) is 98.2 Å². The number of aromatic nitrogens is 2. The Morgan fingerprint density at radius 3 is 2.03 bits per heavy atom. The van der Waals surface area contributed by atoms with E-state index in [4.69, 9.17) is 4.74 Å². The number of nitrogens with zero attached hydrogens (tertiary/aromatic N) is 1. The molecule has 0 aliphatic rings. The van der Waals surface area contributed by atoms with Gasteiger partial charge < -0.3 is 14.3 Å². The molecule has 0 radical (unpaired) electrons. The molecule has 0 unspecified atom stereocenters. The van der Waals surface area contributed by atoms with Gasteiger partial charge in [0.2, 0.25) is 5.78 Å². The molecule has 4 rings (SSSR count). The molecule has 2 aromatic carbocycles. The van der Waals surface area contributed by atoms with Crippen molar-refractivity contribution in [3.05, 3.63) is 81.3 Å². The fourth-order valence-corrected chi connectivity index (χ4v) is 4.39. The van der Waals surface area contributed by atoms with Gasteiger partial charge in [0, 0.05) is 22.0 Å². The highest BCUT2D eigenvalue weighted by Gasteiger charge is 2.26. The number of aromatic amines is 1. The van der Waals surface area contributed by atoms with Crippen LogP contribution in [0.25, 0.3) is 21.8 Å². The molecule has 0 amide bonds. The lowest BCUT2D eigenvalue weighted by atomic mass is 10.0. The maximum atomic E-state index is 12.9. The second kappa shape index (κ2) is 8.50. The van der Waals surface area contributed by atoms with Gasteiger partial charge in [0.15, 0.2) is 17.3 Å². The van der Waals surface area contributed by atoms with Gasteiger partial charge in [-0.15, -0.1) is 0 Å². The van der Waals surface area contributed by atoms with Crippen molar-refractivity contribution in [2.75, 3.05) is 0 Å². The van der Waals surface area contributed by atoms with E-state index in [-0.39, 0.29) is 23.5 Å². The number of rotatable bonds is 6. The van der Waals surface area contributed by atoms with E-state index in [0.717, 1.165) is 0 Å². The number of nitrogens with one attached hydrogen (secondary N) is 1. The smallest absolute Gasteiger partial charge is 0.326 e. The fraction of sp³-hybridized carbons (Fsp3) is 0.231. The van der Waals surface area contributed by atoms with Crippen LogP contribution < -0.4 is 5.43 Å². The Labute approximate surface area is 190 Å². The Balaban J connectivity index is 1.64. The summed E-state index contributed by atoms with van der Waals surface area (Å²) < 4.78 is 7.20. The van der Waals surface area contributed by atoms with Crippen LogP contribution in [0.1, 0.15) is 46.0 Å². The first-order valence-electron chi connectivity index (χ1n) is 10.6. The Bertz CT molecular complexity index is 1430. The average Bonchev–Trinajstić information content (AvgIpc) is 3.09. The minimum absolute atomic E-state index is 0.103. The van der Waals surface area contributed by atoms with E-state index >= 15 is 0 Å². The normalized spacial score (nSPS) is 12.1. The van der Waals surface area contributed by atoms with Crippen molar-refractivity contribution >= 4 is 39.3 Å². The second-order valence-corrected chi connectivity index (χ2v) is 8.13. The molecule has 0 spiro atoms. The molecule has 168 valence electrons. The minimum atomic E-state index is -1.05. The molecule has 2 heterocycles. The number of ether oxygens (including phenoxy) is 1. The first-order chi connectivity index (χ1) is 15.7. The molecule has 0 aliphatic heterocycles. The van der Waals surface area contributed by atoms with Crippen LogP contribution in [0.4, 0.5) is 0 Å². The number of esters is 1. The average molecular weight is 444 g/mol. The Hall–Kier alpha value is -4.00. The molecule has 7 nitrogen and oxygen atoms in total. The van der Waals surface area contributed by atoms with Crippen LogP contribution in [0.3, 0.4) is 0 Å². The largest absolute Gasteiger partial charge is 0.453 e. The van der Waals surface area contributed by atoms with Gasteiger partial charge in [-0.25, -0.2) is 0 Å². The zero-order valence-electron chi connectivity index (χ0n) is 18.9. The first-order valence-corrected chi connectivity index (χ1v) is 10.6. The van der Waals surface area contributed by atoms with Crippen LogP contribution in [0.15, 0.2) is 53.3 Å². The molecule has 0 fully saturated rings. The minimum Gasteiger partial charge on any atom is -0.453 e. The number of carbonyl (C=O) groups excluding carboxylic acids is 3. The number of hydrogen-bond donors (Lipinski definition) is 1. The molecule has 4 aromatic rings. The number of Topliss-reactive ketones (excluding diaryl/α,β-unsaturated/α-hetero) is 2. The van der Waals surface area contributed by atoms with Crippen LogP contribution in [0.5, 0.6) is 0 Å². The van der Waals surface area contributed by atoms with Gasteiger partial charge in [-0.2, -0.15) is 0 Å². The van der Waals surface area contributed by atoms with Crippen LogP contribution in [0, 0.1) is 13.8 Å². The summed E-state index contributed by atoms with van der Waals surface area (Å²) in [5.74, 6) is -1.16. The quantitative estimate of drug-likeness (QED) is 0.274. The molecule has 0 saturated heterocycles. The summed E-state index contributed by atoms with van der Waals surface area (Å²) in [6.45, 7) is 6.20. The van der Waals surface area contributed by atoms with E-state index in [0.29, 0.717) is 38.6 Å². The summed E-state index contributed by atoms with van der Waals surface area (Å²) >= 11 is 0. The van der Waals surface area contributed by atoms with Crippen molar-refractivity contribution in [3.8, 4) is 0 Å². The number of benzene rings is 2. The number of hydrogen-bond acceptors (Lipinski definition) is 5.